The predicted octanol–water partition coefficient (Wildman–Crippen LogP) is 1.87. The van der Waals surface area contributed by atoms with Crippen LogP contribution in [0, 0.1) is 0 Å². The van der Waals surface area contributed by atoms with E-state index in [2.05, 4.69) is 18.0 Å². The topological polar surface area (TPSA) is 12.0 Å². The summed E-state index contributed by atoms with van der Waals surface area (Å²) < 4.78 is 0. The van der Waals surface area contributed by atoms with E-state index in [1.165, 1.54) is 19.4 Å². The Kier molecular flexibility index (Phi) is 3.23. The molecular formula is C9H15N. The van der Waals surface area contributed by atoms with Crippen LogP contribution in [0.1, 0.15) is 19.3 Å². The van der Waals surface area contributed by atoms with Gasteiger partial charge >= 0.3 is 0 Å². The van der Waals surface area contributed by atoms with Gasteiger partial charge in [-0.3, -0.25) is 0 Å². The lowest BCUT2D eigenvalue weighted by atomic mass is 10.1. The Bertz CT molecular complexity index is 128. The number of allylic oxidation sites excluding steroid dienone is 2. The van der Waals surface area contributed by atoms with Gasteiger partial charge in [0.15, 0.2) is 0 Å². The van der Waals surface area contributed by atoms with Crippen molar-refractivity contribution in [2.75, 3.05) is 13.1 Å². The molecule has 0 aliphatic carbocycles. The van der Waals surface area contributed by atoms with Gasteiger partial charge in [-0.15, -0.1) is 6.58 Å². The molecule has 1 nitrogen and oxygen atoms in total. The molecule has 0 spiro atoms. The van der Waals surface area contributed by atoms with Gasteiger partial charge in [-0.2, -0.15) is 0 Å². The predicted molar refractivity (Wildman–Crippen MR) is 45.0 cm³/mol. The second-order valence-electron chi connectivity index (χ2n) is 2.67. The fourth-order valence-corrected chi connectivity index (χ4v) is 1.20. The first kappa shape index (κ1) is 7.55. The minimum Gasteiger partial charge on any atom is -0.313 e. The van der Waals surface area contributed by atoms with Crippen molar-refractivity contribution in [2.45, 2.75) is 19.3 Å². The standard InChI is InChI=1S/C9H15N/c1-2-3-5-9-6-4-7-10-8-9/h2,5,10H,1,3-4,6-8H2. The lowest BCUT2D eigenvalue weighted by molar-refractivity contribution is 0.608. The van der Waals surface area contributed by atoms with Crippen LogP contribution in [-0.2, 0) is 0 Å². The lowest BCUT2D eigenvalue weighted by Gasteiger charge is -2.14. The van der Waals surface area contributed by atoms with Crippen molar-refractivity contribution in [3.63, 3.8) is 0 Å². The van der Waals surface area contributed by atoms with E-state index in [-0.39, 0.29) is 0 Å². The Balaban J connectivity index is 2.30. The molecular weight excluding hydrogens is 122 g/mol. The van der Waals surface area contributed by atoms with Gasteiger partial charge in [-0.05, 0) is 25.8 Å². The zero-order valence-electron chi connectivity index (χ0n) is 6.40. The Labute approximate surface area is 62.8 Å². The smallest absolute Gasteiger partial charge is 0.0164 e. The Morgan fingerprint density at radius 1 is 1.60 bits per heavy atom. The Morgan fingerprint density at radius 2 is 2.50 bits per heavy atom. The number of hydrogen-bond donors (Lipinski definition) is 1. The van der Waals surface area contributed by atoms with Crippen LogP contribution in [0.5, 0.6) is 0 Å². The molecule has 0 amide bonds. The molecule has 10 heavy (non-hydrogen) atoms. The van der Waals surface area contributed by atoms with Gasteiger partial charge in [0.05, 0.1) is 0 Å². The van der Waals surface area contributed by atoms with E-state index in [0.29, 0.717) is 0 Å². The van der Waals surface area contributed by atoms with E-state index >= 15 is 0 Å². The normalized spacial score (nSPS) is 23.0. The lowest BCUT2D eigenvalue weighted by Crippen LogP contribution is -2.23. The number of rotatable bonds is 2. The maximum absolute atomic E-state index is 3.68. The van der Waals surface area contributed by atoms with Gasteiger partial charge in [0, 0.05) is 6.54 Å². The van der Waals surface area contributed by atoms with Gasteiger partial charge in [-0.1, -0.05) is 17.7 Å². The zero-order chi connectivity index (χ0) is 7.23. The molecule has 1 rings (SSSR count). The van der Waals surface area contributed by atoms with Crippen molar-refractivity contribution in [3.05, 3.63) is 24.3 Å². The summed E-state index contributed by atoms with van der Waals surface area (Å²) in [7, 11) is 0. The summed E-state index contributed by atoms with van der Waals surface area (Å²) >= 11 is 0. The third-order valence-corrected chi connectivity index (χ3v) is 1.78. The average molecular weight is 137 g/mol. The highest BCUT2D eigenvalue weighted by atomic mass is 14.9. The van der Waals surface area contributed by atoms with Crippen molar-refractivity contribution in [2.24, 2.45) is 0 Å². The summed E-state index contributed by atoms with van der Waals surface area (Å²) in [5.74, 6) is 0. The minimum absolute atomic E-state index is 1.02. The molecule has 0 atom stereocenters. The third kappa shape index (κ3) is 2.36. The number of piperidine rings is 1. The largest absolute Gasteiger partial charge is 0.313 e. The molecule has 0 unspecified atom stereocenters. The molecule has 1 aliphatic rings. The van der Waals surface area contributed by atoms with Crippen LogP contribution in [0.15, 0.2) is 24.3 Å². The van der Waals surface area contributed by atoms with Crippen molar-refractivity contribution in [1.82, 2.24) is 5.32 Å². The molecule has 1 heteroatoms. The monoisotopic (exact) mass is 137 g/mol. The molecule has 0 aromatic heterocycles. The first-order chi connectivity index (χ1) is 4.93. The van der Waals surface area contributed by atoms with E-state index in [1.54, 1.807) is 5.57 Å². The second kappa shape index (κ2) is 4.29. The Morgan fingerprint density at radius 3 is 3.10 bits per heavy atom. The summed E-state index contributed by atoms with van der Waals surface area (Å²) in [6, 6.07) is 0. The molecule has 1 aliphatic heterocycles. The highest BCUT2D eigenvalue weighted by Crippen LogP contribution is 2.08. The van der Waals surface area contributed by atoms with Crippen molar-refractivity contribution in [3.8, 4) is 0 Å². The Hall–Kier alpha value is -0.560. The molecule has 1 heterocycles. The van der Waals surface area contributed by atoms with Crippen molar-refractivity contribution < 1.29 is 0 Å². The van der Waals surface area contributed by atoms with Crippen LogP contribution in [0.3, 0.4) is 0 Å². The van der Waals surface area contributed by atoms with Crippen molar-refractivity contribution >= 4 is 0 Å². The van der Waals surface area contributed by atoms with E-state index in [1.807, 2.05) is 6.08 Å². The zero-order valence-corrected chi connectivity index (χ0v) is 6.40. The summed E-state index contributed by atoms with van der Waals surface area (Å²) in [5.41, 5.74) is 1.55. The molecule has 0 radical (unpaired) electrons. The highest BCUT2D eigenvalue weighted by molar-refractivity contribution is 5.08. The fraction of sp³-hybridized carbons (Fsp3) is 0.556. The molecule has 0 saturated carbocycles. The van der Waals surface area contributed by atoms with Gasteiger partial charge in [0.2, 0.25) is 0 Å². The molecule has 56 valence electrons. The maximum atomic E-state index is 3.68. The maximum Gasteiger partial charge on any atom is 0.0164 e. The van der Waals surface area contributed by atoms with Gasteiger partial charge < -0.3 is 5.32 Å². The molecule has 0 aromatic rings. The third-order valence-electron chi connectivity index (χ3n) is 1.78. The van der Waals surface area contributed by atoms with Crippen LogP contribution in [-0.4, -0.2) is 13.1 Å². The molecule has 1 N–H and O–H groups in total. The fourth-order valence-electron chi connectivity index (χ4n) is 1.20. The molecule has 0 bridgehead atoms. The minimum atomic E-state index is 1.02. The average Bonchev–Trinajstić information content (AvgIpc) is 2.03. The number of nitrogens with one attached hydrogen (secondary N) is 1. The van der Waals surface area contributed by atoms with Crippen LogP contribution in [0.25, 0.3) is 0 Å². The van der Waals surface area contributed by atoms with Gasteiger partial charge in [0.1, 0.15) is 0 Å². The van der Waals surface area contributed by atoms with Crippen LogP contribution in [0.4, 0.5) is 0 Å². The van der Waals surface area contributed by atoms with Crippen LogP contribution >= 0.6 is 0 Å². The van der Waals surface area contributed by atoms with Gasteiger partial charge in [-0.25, -0.2) is 0 Å². The van der Waals surface area contributed by atoms with E-state index < -0.39 is 0 Å². The van der Waals surface area contributed by atoms with Gasteiger partial charge in [0.25, 0.3) is 0 Å². The summed E-state index contributed by atoms with van der Waals surface area (Å²) in [6.45, 7) is 5.96. The second-order valence-corrected chi connectivity index (χ2v) is 2.67. The van der Waals surface area contributed by atoms with Crippen LogP contribution in [0.2, 0.25) is 0 Å². The van der Waals surface area contributed by atoms with Crippen LogP contribution < -0.4 is 5.32 Å². The molecule has 1 saturated heterocycles. The first-order valence-electron chi connectivity index (χ1n) is 3.93. The quantitative estimate of drug-likeness (QED) is 0.573. The summed E-state index contributed by atoms with van der Waals surface area (Å²) in [6.07, 6.45) is 7.82. The molecule has 0 aromatic carbocycles. The van der Waals surface area contributed by atoms with E-state index in [4.69, 9.17) is 0 Å². The number of hydrogen-bond acceptors (Lipinski definition) is 1. The highest BCUT2D eigenvalue weighted by Gasteiger charge is 2.01. The first-order valence-corrected chi connectivity index (χ1v) is 3.93. The van der Waals surface area contributed by atoms with E-state index in [0.717, 1.165) is 13.0 Å². The SMILES string of the molecule is C=CCC=C1CCCNC1. The van der Waals surface area contributed by atoms with Crippen molar-refractivity contribution in [1.29, 1.82) is 0 Å². The van der Waals surface area contributed by atoms with E-state index in [9.17, 15) is 0 Å². The summed E-state index contributed by atoms with van der Waals surface area (Å²) in [4.78, 5) is 0. The molecule has 1 fully saturated rings. The summed E-state index contributed by atoms with van der Waals surface area (Å²) in [5, 5.41) is 3.34.